The Morgan fingerprint density at radius 3 is 2.09 bits per heavy atom. The Morgan fingerprint density at radius 1 is 0.744 bits per heavy atom. The number of aromatic hydroxyl groups is 2. The van der Waals surface area contributed by atoms with E-state index in [1.54, 1.807) is 73.7 Å². The molecule has 25 nitrogen and oxygen atoms in total. The van der Waals surface area contributed by atoms with Crippen LogP contribution in [-0.2, 0) is 39.0 Å². The summed E-state index contributed by atoms with van der Waals surface area (Å²) < 4.78 is 52.3. The second kappa shape index (κ2) is 26.1. The van der Waals surface area contributed by atoms with Gasteiger partial charge in [-0.25, -0.2) is 52.1 Å². The molecule has 0 aliphatic rings. The number of hydrogen-bond acceptors (Lipinski definition) is 19. The monoisotopic (exact) mass is 1190 g/mol. The topological polar surface area (TPSA) is 341 Å². The minimum Gasteiger partial charge on any atom is -0.508 e. The van der Waals surface area contributed by atoms with E-state index in [0.717, 1.165) is 28.4 Å². The molecule has 0 bridgehead atoms. The number of hydrogen-bond donors (Lipinski definition) is 7. The van der Waals surface area contributed by atoms with Crippen LogP contribution in [0.1, 0.15) is 66.3 Å². The van der Waals surface area contributed by atoms with E-state index in [1.165, 1.54) is 41.7 Å². The number of primary amides is 1. The molecule has 10 rings (SSSR count). The van der Waals surface area contributed by atoms with Crippen molar-refractivity contribution in [1.82, 2.24) is 44.5 Å². The predicted octanol–water partition coefficient (Wildman–Crippen LogP) is 9.15. The lowest BCUT2D eigenvalue weighted by atomic mass is 10.0. The molecule has 0 saturated carbocycles. The number of carbonyl (C=O) groups is 4. The number of nitrogens with zero attached hydrogens (tertiary/aromatic N) is 8. The lowest BCUT2D eigenvalue weighted by Gasteiger charge is -2.16. The van der Waals surface area contributed by atoms with Crippen molar-refractivity contribution in [2.24, 2.45) is 11.7 Å². The highest BCUT2D eigenvalue weighted by Gasteiger charge is 2.23. The number of nitrogens with one attached hydrogen (secondary N) is 4. The van der Waals surface area contributed by atoms with Gasteiger partial charge in [-0.3, -0.25) is 25.2 Å². The Labute approximate surface area is 492 Å². The van der Waals surface area contributed by atoms with Crippen molar-refractivity contribution in [3.05, 3.63) is 174 Å². The van der Waals surface area contributed by atoms with Crippen molar-refractivity contribution >= 4 is 84.1 Å². The maximum absolute atomic E-state index is 12.9. The normalized spacial score (nSPS) is 11.6. The zero-order valence-corrected chi connectivity index (χ0v) is 48.1. The van der Waals surface area contributed by atoms with Gasteiger partial charge < -0.3 is 40.2 Å². The third-order valence-electron chi connectivity index (χ3n) is 12.8. The summed E-state index contributed by atoms with van der Waals surface area (Å²) in [6.45, 7) is 9.55. The van der Waals surface area contributed by atoms with Gasteiger partial charge in [0.05, 0.1) is 35.5 Å². The van der Waals surface area contributed by atoms with E-state index in [4.69, 9.17) is 24.7 Å². The van der Waals surface area contributed by atoms with Crippen molar-refractivity contribution in [1.29, 1.82) is 0 Å². The minimum atomic E-state index is -3.78. The first kappa shape index (κ1) is 59.7. The van der Waals surface area contributed by atoms with Gasteiger partial charge in [0.25, 0.3) is 11.8 Å². The number of phenols is 2. The van der Waals surface area contributed by atoms with Crippen LogP contribution in [0, 0.1) is 12.8 Å². The highest BCUT2D eigenvalue weighted by atomic mass is 32.2. The largest absolute Gasteiger partial charge is 0.508 e. The number of benzene rings is 6. The molecule has 0 fully saturated rings. The van der Waals surface area contributed by atoms with Crippen LogP contribution in [0.25, 0.3) is 33.1 Å². The maximum Gasteiger partial charge on any atom is 0.421 e. The number of fused-ring (bicyclic) bond motifs is 3. The SMILES string of the molecule is CC(C)COc1ncnc2c1ncn2C(=O)OCc1ccc(Oc2cc(C(N)=O)c(O)c3ccccc23)c(NS(C)(=O)=O)c1.CCc1nc2c(C)ncnc2n1C(=O)NNc1ccc(NC(=O)C(C)Oc2ccc(Cc3ccc(O)cc3)cc2)cc1. The summed E-state index contributed by atoms with van der Waals surface area (Å²) in [5, 5.41) is 23.6. The molecular formula is C60H59N13O12S. The summed E-state index contributed by atoms with van der Waals surface area (Å²) in [5.74, 6) is 0.636. The van der Waals surface area contributed by atoms with Crippen LogP contribution < -0.4 is 40.8 Å². The lowest BCUT2D eigenvalue weighted by molar-refractivity contribution is -0.122. The van der Waals surface area contributed by atoms with E-state index in [0.29, 0.717) is 74.7 Å². The molecule has 0 radical (unpaired) electrons. The molecule has 1 atom stereocenters. The zero-order chi connectivity index (χ0) is 61.2. The number of sulfonamides is 1. The summed E-state index contributed by atoms with van der Waals surface area (Å²) in [6.07, 6.45) is 4.64. The summed E-state index contributed by atoms with van der Waals surface area (Å²) >= 11 is 0. The van der Waals surface area contributed by atoms with E-state index in [9.17, 15) is 37.8 Å². The number of aryl methyl sites for hydroxylation is 2. The number of ether oxygens (including phenoxy) is 4. The average Bonchev–Trinajstić information content (AvgIpc) is 3.50. The van der Waals surface area contributed by atoms with Gasteiger partial charge in [-0.1, -0.05) is 75.4 Å². The standard InChI is InChI=1S/C31H31N7O4.C29H28N6O8S/c1-4-27-35-28-19(2)32-18-33-29(28)38(27)31(41)37-36-24-11-9-23(10-12-24)34-30(40)20(3)42-26-15-7-22(8-16-26)17-21-5-13-25(39)14-6-21;1-16(2)12-41-28-24-27(31-14-32-28)35(15-33-24)29(38)42-13-17-8-9-22(21(10-17)34-44(3,39)40)43-23-11-20(26(30)37)25(36)19-7-5-4-6-18(19)23/h5-16,18,20,36,39H,4,17H2,1-3H3,(H,34,40)(H,37,41);4-11,14-16,34,36H,12-13H2,1-3H3,(H2,30,37). The molecule has 26 heteroatoms. The average molecular weight is 1190 g/mol. The van der Waals surface area contributed by atoms with Gasteiger partial charge in [-0.2, -0.15) is 4.98 Å². The van der Waals surface area contributed by atoms with Crippen molar-refractivity contribution in [3.8, 4) is 34.6 Å². The quantitative estimate of drug-likeness (QED) is 0.0371. The van der Waals surface area contributed by atoms with E-state index in [1.807, 2.05) is 64.1 Å². The third-order valence-corrected chi connectivity index (χ3v) is 13.4. The summed E-state index contributed by atoms with van der Waals surface area (Å²) in [7, 11) is -3.78. The van der Waals surface area contributed by atoms with Crippen molar-refractivity contribution in [3.63, 3.8) is 0 Å². The van der Waals surface area contributed by atoms with Crippen LogP contribution in [0.3, 0.4) is 0 Å². The van der Waals surface area contributed by atoms with E-state index < -0.39 is 34.2 Å². The van der Waals surface area contributed by atoms with Crippen LogP contribution in [-0.4, -0.2) is 101 Å². The fraction of sp³-hybridized carbons (Fsp3) is 0.200. The molecule has 4 aromatic heterocycles. The first-order valence-corrected chi connectivity index (χ1v) is 28.6. The Balaban J connectivity index is 0.000000206. The number of amides is 3. The second-order valence-electron chi connectivity index (χ2n) is 19.9. The molecule has 8 N–H and O–H groups in total. The maximum atomic E-state index is 12.9. The molecule has 6 aromatic carbocycles. The second-order valence-corrected chi connectivity index (χ2v) is 21.7. The van der Waals surface area contributed by atoms with Crippen molar-refractivity contribution < 1.29 is 56.8 Å². The first-order chi connectivity index (χ1) is 41.2. The summed E-state index contributed by atoms with van der Waals surface area (Å²) in [5.41, 5.74) is 16.9. The molecule has 86 heavy (non-hydrogen) atoms. The van der Waals surface area contributed by atoms with Crippen LogP contribution >= 0.6 is 0 Å². The van der Waals surface area contributed by atoms with Gasteiger partial charge >= 0.3 is 12.1 Å². The fourth-order valence-corrected chi connectivity index (χ4v) is 9.18. The highest BCUT2D eigenvalue weighted by Crippen LogP contribution is 2.40. The Hall–Kier alpha value is -10.9. The van der Waals surface area contributed by atoms with Gasteiger partial charge in [0.2, 0.25) is 15.9 Å². The van der Waals surface area contributed by atoms with Crippen molar-refractivity contribution in [2.45, 2.75) is 60.2 Å². The van der Waals surface area contributed by atoms with Gasteiger partial charge in [-0.05, 0) is 110 Å². The van der Waals surface area contributed by atoms with Crippen LogP contribution in [0.4, 0.5) is 26.7 Å². The molecule has 0 spiro atoms. The molecule has 442 valence electrons. The fourth-order valence-electron chi connectivity index (χ4n) is 8.62. The lowest BCUT2D eigenvalue weighted by Crippen LogP contribution is -2.34. The number of aromatic nitrogens is 8. The van der Waals surface area contributed by atoms with E-state index in [-0.39, 0.29) is 64.2 Å². The number of hydrazine groups is 1. The number of carbonyl (C=O) groups excluding carboxylic acids is 4. The molecule has 1 unspecified atom stereocenters. The number of phenolic OH excluding ortho intramolecular Hbond substituents is 1. The highest BCUT2D eigenvalue weighted by molar-refractivity contribution is 7.92. The van der Waals surface area contributed by atoms with E-state index >= 15 is 0 Å². The summed E-state index contributed by atoms with van der Waals surface area (Å²) in [6, 6.07) is 33.5. The van der Waals surface area contributed by atoms with Gasteiger partial charge in [0.15, 0.2) is 28.7 Å². The van der Waals surface area contributed by atoms with E-state index in [2.05, 4.69) is 50.8 Å². The molecule has 0 aliphatic heterocycles. The molecule has 10 aromatic rings. The van der Waals surface area contributed by atoms with Gasteiger partial charge in [0, 0.05) is 22.9 Å². The third kappa shape index (κ3) is 14.5. The Morgan fingerprint density at radius 2 is 1.41 bits per heavy atom. The molecule has 4 heterocycles. The molecule has 3 amide bonds. The smallest absolute Gasteiger partial charge is 0.421 e. The minimum absolute atomic E-state index is 0.0339. The van der Waals surface area contributed by atoms with Crippen LogP contribution in [0.5, 0.6) is 34.6 Å². The van der Waals surface area contributed by atoms with Gasteiger partial charge in [0.1, 0.15) is 59.9 Å². The Bertz CT molecular complexity index is 4250. The number of rotatable bonds is 19. The molecular weight excluding hydrogens is 1130 g/mol. The number of imidazole rings is 2. The predicted molar refractivity (Wildman–Crippen MR) is 320 cm³/mol. The van der Waals surface area contributed by atoms with Gasteiger partial charge in [-0.15, -0.1) is 0 Å². The van der Waals surface area contributed by atoms with Crippen LogP contribution in [0.15, 0.2) is 140 Å². The Kier molecular flexibility index (Phi) is 18.2. The van der Waals surface area contributed by atoms with Crippen molar-refractivity contribution in [2.75, 3.05) is 28.3 Å². The summed E-state index contributed by atoms with van der Waals surface area (Å²) in [4.78, 5) is 75.9. The first-order valence-electron chi connectivity index (χ1n) is 26.7. The van der Waals surface area contributed by atoms with Crippen LogP contribution in [0.2, 0.25) is 0 Å². The molecule has 0 saturated heterocycles. The zero-order valence-electron chi connectivity index (χ0n) is 47.3. The number of nitrogens with two attached hydrogens (primary N) is 1. The number of anilines is 3. The molecule has 0 aliphatic carbocycles.